The van der Waals surface area contributed by atoms with Crippen molar-refractivity contribution in [2.75, 3.05) is 6.54 Å². The van der Waals surface area contributed by atoms with Crippen LogP contribution in [-0.2, 0) is 6.54 Å². The quantitative estimate of drug-likeness (QED) is 0.897. The van der Waals surface area contributed by atoms with Gasteiger partial charge in [0.05, 0.1) is 6.20 Å². The molecule has 2 N–H and O–H groups in total. The van der Waals surface area contributed by atoms with Gasteiger partial charge in [-0.3, -0.25) is 4.68 Å². The van der Waals surface area contributed by atoms with E-state index < -0.39 is 0 Å². The number of nitrogens with two attached hydrogens (primary N) is 1. The van der Waals surface area contributed by atoms with Gasteiger partial charge >= 0.3 is 0 Å². The number of benzene rings is 1. The zero-order valence-electron chi connectivity index (χ0n) is 11.4. The maximum atomic E-state index is 5.52. The molecule has 0 saturated carbocycles. The minimum atomic E-state index is 0.706. The van der Waals surface area contributed by atoms with Crippen LogP contribution in [0, 0.1) is 20.8 Å². The van der Waals surface area contributed by atoms with Crippen LogP contribution >= 0.6 is 0 Å². The van der Waals surface area contributed by atoms with E-state index in [2.05, 4.69) is 44.2 Å². The van der Waals surface area contributed by atoms with Crippen molar-refractivity contribution in [3.63, 3.8) is 0 Å². The van der Waals surface area contributed by atoms with Gasteiger partial charge in [-0.2, -0.15) is 5.10 Å². The Morgan fingerprint density at radius 3 is 2.44 bits per heavy atom. The summed E-state index contributed by atoms with van der Waals surface area (Å²) in [5.41, 5.74) is 12.0. The molecule has 0 saturated heterocycles. The molecule has 0 atom stereocenters. The number of aromatic nitrogens is 2. The van der Waals surface area contributed by atoms with E-state index >= 15 is 0 Å². The van der Waals surface area contributed by atoms with Crippen LogP contribution in [0.3, 0.4) is 0 Å². The van der Waals surface area contributed by atoms with E-state index in [0.717, 1.165) is 13.0 Å². The molecule has 2 aromatic rings. The largest absolute Gasteiger partial charge is 0.330 e. The fourth-order valence-electron chi connectivity index (χ4n) is 2.50. The summed E-state index contributed by atoms with van der Waals surface area (Å²) in [6.07, 6.45) is 5.02. The average molecular weight is 243 g/mol. The zero-order valence-corrected chi connectivity index (χ0v) is 11.4. The van der Waals surface area contributed by atoms with Crippen molar-refractivity contribution in [3.8, 4) is 11.1 Å². The van der Waals surface area contributed by atoms with E-state index in [4.69, 9.17) is 5.73 Å². The summed E-state index contributed by atoms with van der Waals surface area (Å²) < 4.78 is 1.97. The first-order valence-electron chi connectivity index (χ1n) is 6.42. The van der Waals surface area contributed by atoms with Gasteiger partial charge in [0.1, 0.15) is 0 Å². The molecule has 18 heavy (non-hydrogen) atoms. The number of hydrogen-bond donors (Lipinski definition) is 1. The third-order valence-electron chi connectivity index (χ3n) is 3.19. The Morgan fingerprint density at radius 2 is 1.83 bits per heavy atom. The van der Waals surface area contributed by atoms with Crippen molar-refractivity contribution < 1.29 is 0 Å². The van der Waals surface area contributed by atoms with E-state index in [-0.39, 0.29) is 0 Å². The molecule has 0 unspecified atom stereocenters. The van der Waals surface area contributed by atoms with Crippen LogP contribution in [-0.4, -0.2) is 16.3 Å². The molecule has 3 heteroatoms. The van der Waals surface area contributed by atoms with Crippen molar-refractivity contribution in [3.05, 3.63) is 41.2 Å². The average Bonchev–Trinajstić information content (AvgIpc) is 2.73. The second kappa shape index (κ2) is 5.36. The molecule has 0 spiro atoms. The first-order valence-corrected chi connectivity index (χ1v) is 6.42. The van der Waals surface area contributed by atoms with Crippen molar-refractivity contribution in [1.29, 1.82) is 0 Å². The molecule has 0 aliphatic carbocycles. The Hall–Kier alpha value is -1.61. The first-order chi connectivity index (χ1) is 8.61. The number of nitrogens with zero attached hydrogens (tertiary/aromatic N) is 2. The number of aryl methyl sites for hydroxylation is 4. The van der Waals surface area contributed by atoms with Crippen molar-refractivity contribution >= 4 is 0 Å². The van der Waals surface area contributed by atoms with Crippen LogP contribution in [0.2, 0.25) is 0 Å². The molecule has 0 aliphatic rings. The SMILES string of the molecule is Cc1cc(C)c(-c2cnn(CCCN)c2)c(C)c1. The summed E-state index contributed by atoms with van der Waals surface area (Å²) in [7, 11) is 0. The molecular weight excluding hydrogens is 222 g/mol. The maximum Gasteiger partial charge on any atom is 0.0568 e. The summed E-state index contributed by atoms with van der Waals surface area (Å²) >= 11 is 0. The fourth-order valence-corrected chi connectivity index (χ4v) is 2.50. The Morgan fingerprint density at radius 1 is 1.17 bits per heavy atom. The van der Waals surface area contributed by atoms with Gasteiger partial charge in [0.25, 0.3) is 0 Å². The predicted molar refractivity (Wildman–Crippen MR) is 75.5 cm³/mol. The van der Waals surface area contributed by atoms with E-state index in [1.54, 1.807) is 0 Å². The van der Waals surface area contributed by atoms with Crippen molar-refractivity contribution in [2.24, 2.45) is 5.73 Å². The standard InChI is InChI=1S/C15H21N3/c1-11-7-12(2)15(13(3)8-11)14-9-17-18(10-14)6-4-5-16/h7-10H,4-6,16H2,1-3H3. The molecule has 0 amide bonds. The molecule has 0 aliphatic heterocycles. The third kappa shape index (κ3) is 2.62. The molecule has 2 rings (SSSR count). The highest BCUT2D eigenvalue weighted by Gasteiger charge is 2.08. The molecular formula is C15H21N3. The molecule has 96 valence electrons. The number of hydrogen-bond acceptors (Lipinski definition) is 2. The van der Waals surface area contributed by atoms with Crippen molar-refractivity contribution in [2.45, 2.75) is 33.7 Å². The van der Waals surface area contributed by atoms with Crippen LogP contribution in [0.15, 0.2) is 24.5 Å². The molecule has 1 aromatic carbocycles. The van der Waals surface area contributed by atoms with Gasteiger partial charge < -0.3 is 5.73 Å². The van der Waals surface area contributed by atoms with Gasteiger partial charge in [-0.05, 0) is 50.4 Å². The first kappa shape index (κ1) is 12.8. The second-order valence-electron chi connectivity index (χ2n) is 4.91. The van der Waals surface area contributed by atoms with Gasteiger partial charge in [-0.1, -0.05) is 17.7 Å². The lowest BCUT2D eigenvalue weighted by Gasteiger charge is -2.09. The lowest BCUT2D eigenvalue weighted by Crippen LogP contribution is -2.05. The van der Waals surface area contributed by atoms with Crippen LogP contribution in [0.25, 0.3) is 11.1 Å². The van der Waals surface area contributed by atoms with E-state index in [1.165, 1.54) is 27.8 Å². The van der Waals surface area contributed by atoms with E-state index in [9.17, 15) is 0 Å². The number of rotatable bonds is 4. The Balaban J connectivity index is 2.34. The Bertz CT molecular complexity index is 517. The van der Waals surface area contributed by atoms with Gasteiger partial charge in [-0.25, -0.2) is 0 Å². The molecule has 0 radical (unpaired) electrons. The van der Waals surface area contributed by atoms with E-state index in [0.29, 0.717) is 6.54 Å². The van der Waals surface area contributed by atoms with Crippen LogP contribution in [0.5, 0.6) is 0 Å². The van der Waals surface area contributed by atoms with Crippen LogP contribution < -0.4 is 5.73 Å². The normalized spacial score (nSPS) is 10.9. The van der Waals surface area contributed by atoms with Crippen molar-refractivity contribution in [1.82, 2.24) is 9.78 Å². The highest BCUT2D eigenvalue weighted by atomic mass is 15.3. The summed E-state index contributed by atoms with van der Waals surface area (Å²) in [6, 6.07) is 4.44. The lowest BCUT2D eigenvalue weighted by atomic mass is 9.96. The highest BCUT2D eigenvalue weighted by Crippen LogP contribution is 2.27. The Labute approximate surface area is 109 Å². The summed E-state index contributed by atoms with van der Waals surface area (Å²) in [5, 5.41) is 4.40. The highest BCUT2D eigenvalue weighted by molar-refractivity contribution is 5.70. The minimum Gasteiger partial charge on any atom is -0.330 e. The molecule has 0 fully saturated rings. The maximum absolute atomic E-state index is 5.52. The Kier molecular flexibility index (Phi) is 3.82. The monoisotopic (exact) mass is 243 g/mol. The fraction of sp³-hybridized carbons (Fsp3) is 0.400. The minimum absolute atomic E-state index is 0.706. The van der Waals surface area contributed by atoms with Crippen LogP contribution in [0.4, 0.5) is 0 Å². The van der Waals surface area contributed by atoms with Crippen LogP contribution in [0.1, 0.15) is 23.1 Å². The predicted octanol–water partition coefficient (Wildman–Crippen LogP) is 2.82. The second-order valence-corrected chi connectivity index (χ2v) is 4.91. The smallest absolute Gasteiger partial charge is 0.0568 e. The topological polar surface area (TPSA) is 43.8 Å². The molecule has 3 nitrogen and oxygen atoms in total. The van der Waals surface area contributed by atoms with E-state index in [1.807, 2.05) is 10.9 Å². The third-order valence-corrected chi connectivity index (χ3v) is 3.19. The van der Waals surface area contributed by atoms with Gasteiger partial charge in [0.15, 0.2) is 0 Å². The summed E-state index contributed by atoms with van der Waals surface area (Å²) in [5.74, 6) is 0. The summed E-state index contributed by atoms with van der Waals surface area (Å²) in [6.45, 7) is 8.05. The van der Waals surface area contributed by atoms with Gasteiger partial charge in [0.2, 0.25) is 0 Å². The summed E-state index contributed by atoms with van der Waals surface area (Å²) in [4.78, 5) is 0. The van der Waals surface area contributed by atoms with Gasteiger partial charge in [0, 0.05) is 18.3 Å². The lowest BCUT2D eigenvalue weighted by molar-refractivity contribution is 0.585. The molecule has 1 heterocycles. The molecule has 0 bridgehead atoms. The zero-order chi connectivity index (χ0) is 13.1. The van der Waals surface area contributed by atoms with Gasteiger partial charge in [-0.15, -0.1) is 0 Å². The molecule has 1 aromatic heterocycles.